The van der Waals surface area contributed by atoms with Gasteiger partial charge >= 0.3 is 0 Å². The maximum absolute atomic E-state index is 11.5. The average Bonchev–Trinajstić information content (AvgIpc) is 2.36. The van der Waals surface area contributed by atoms with Gasteiger partial charge in [-0.3, -0.25) is 15.6 Å². The third kappa shape index (κ3) is 6.17. The van der Waals surface area contributed by atoms with Crippen molar-refractivity contribution in [2.75, 3.05) is 26.0 Å². The molecule has 0 aromatic heterocycles. The Kier molecular flexibility index (Phi) is 6.24. The lowest BCUT2D eigenvalue weighted by Gasteiger charge is -2.14. The summed E-state index contributed by atoms with van der Waals surface area (Å²) in [5.41, 5.74) is 7.25. The van der Waals surface area contributed by atoms with Crippen LogP contribution < -0.4 is 16.2 Å². The summed E-state index contributed by atoms with van der Waals surface area (Å²) in [6, 6.07) is 7.80. The molecular weight excluding hydrogens is 260 g/mol. The Hall–Kier alpha value is -1.66. The molecule has 0 radical (unpaired) electrons. The highest BCUT2D eigenvalue weighted by molar-refractivity contribution is 7.80. The summed E-state index contributed by atoms with van der Waals surface area (Å²) in [5.74, 6) is -0.0948. The molecule has 0 spiro atoms. The van der Waals surface area contributed by atoms with Gasteiger partial charge in [0.15, 0.2) is 5.11 Å². The van der Waals surface area contributed by atoms with E-state index in [0.29, 0.717) is 18.1 Å². The van der Waals surface area contributed by atoms with E-state index in [1.54, 1.807) is 0 Å². The number of hydrogen-bond donors (Lipinski definition) is 3. The second kappa shape index (κ2) is 7.70. The molecule has 104 valence electrons. The molecule has 0 unspecified atom stereocenters. The SMILES string of the molecule is Cc1ccccc1NC(=S)NNC(=O)CCN(C)C. The van der Waals surface area contributed by atoms with Gasteiger partial charge in [0.2, 0.25) is 5.91 Å². The normalized spacial score (nSPS) is 10.1. The number of anilines is 1. The predicted octanol–water partition coefficient (Wildman–Crippen LogP) is 1.26. The fourth-order valence-corrected chi connectivity index (χ4v) is 1.54. The lowest BCUT2D eigenvalue weighted by atomic mass is 10.2. The van der Waals surface area contributed by atoms with Gasteiger partial charge in [0.25, 0.3) is 0 Å². The number of nitrogens with one attached hydrogen (secondary N) is 3. The molecule has 0 aliphatic carbocycles. The molecule has 0 saturated heterocycles. The first-order valence-electron chi connectivity index (χ1n) is 6.05. The van der Waals surface area contributed by atoms with Crippen molar-refractivity contribution >= 4 is 28.9 Å². The third-order valence-corrected chi connectivity index (χ3v) is 2.70. The zero-order chi connectivity index (χ0) is 14.3. The van der Waals surface area contributed by atoms with Crippen molar-refractivity contribution in [1.82, 2.24) is 15.8 Å². The molecule has 6 heteroatoms. The van der Waals surface area contributed by atoms with Crippen molar-refractivity contribution in [3.8, 4) is 0 Å². The molecule has 1 rings (SSSR count). The zero-order valence-electron chi connectivity index (χ0n) is 11.5. The Labute approximate surface area is 119 Å². The molecule has 0 saturated carbocycles. The summed E-state index contributed by atoms with van der Waals surface area (Å²) in [5, 5.41) is 3.39. The summed E-state index contributed by atoms with van der Waals surface area (Å²) in [7, 11) is 3.84. The lowest BCUT2D eigenvalue weighted by Crippen LogP contribution is -2.44. The molecule has 1 amide bonds. The number of thiocarbonyl (C=S) groups is 1. The van der Waals surface area contributed by atoms with Crippen LogP contribution in [0.2, 0.25) is 0 Å². The van der Waals surface area contributed by atoms with E-state index in [0.717, 1.165) is 11.3 Å². The van der Waals surface area contributed by atoms with Gasteiger partial charge in [0.1, 0.15) is 0 Å². The number of carbonyl (C=O) groups is 1. The van der Waals surface area contributed by atoms with E-state index >= 15 is 0 Å². The van der Waals surface area contributed by atoms with Gasteiger partial charge in [-0.15, -0.1) is 0 Å². The van der Waals surface area contributed by atoms with E-state index in [4.69, 9.17) is 12.2 Å². The van der Waals surface area contributed by atoms with Crippen LogP contribution >= 0.6 is 12.2 Å². The number of benzene rings is 1. The smallest absolute Gasteiger partial charge is 0.239 e. The van der Waals surface area contributed by atoms with E-state index in [2.05, 4.69) is 16.2 Å². The van der Waals surface area contributed by atoms with Gasteiger partial charge < -0.3 is 10.2 Å². The highest BCUT2D eigenvalue weighted by Crippen LogP contribution is 2.12. The van der Waals surface area contributed by atoms with Crippen molar-refractivity contribution in [2.24, 2.45) is 0 Å². The second-order valence-corrected chi connectivity index (χ2v) is 4.90. The van der Waals surface area contributed by atoms with Gasteiger partial charge in [-0.1, -0.05) is 18.2 Å². The van der Waals surface area contributed by atoms with Crippen molar-refractivity contribution in [2.45, 2.75) is 13.3 Å². The summed E-state index contributed by atoms with van der Waals surface area (Å²) in [6.07, 6.45) is 0.424. The van der Waals surface area contributed by atoms with Crippen LogP contribution in [0.25, 0.3) is 0 Å². The number of nitrogens with zero attached hydrogens (tertiary/aromatic N) is 1. The van der Waals surface area contributed by atoms with Gasteiger partial charge in [-0.25, -0.2) is 0 Å². The first kappa shape index (κ1) is 15.4. The van der Waals surface area contributed by atoms with Crippen LogP contribution in [0.5, 0.6) is 0 Å². The summed E-state index contributed by atoms with van der Waals surface area (Å²) >= 11 is 5.10. The second-order valence-electron chi connectivity index (χ2n) is 4.50. The highest BCUT2D eigenvalue weighted by Gasteiger charge is 2.03. The molecule has 0 bridgehead atoms. The van der Waals surface area contributed by atoms with E-state index in [-0.39, 0.29) is 5.91 Å². The Morgan fingerprint density at radius 1 is 1.26 bits per heavy atom. The standard InChI is InChI=1S/C13H20N4OS/c1-10-6-4-5-7-11(10)14-13(19)16-15-12(18)8-9-17(2)3/h4-7H,8-9H2,1-3H3,(H,15,18)(H2,14,16,19). The lowest BCUT2D eigenvalue weighted by molar-refractivity contribution is -0.121. The molecule has 1 aromatic carbocycles. The van der Waals surface area contributed by atoms with Crippen LogP contribution in [0.4, 0.5) is 5.69 Å². The first-order chi connectivity index (χ1) is 8.99. The van der Waals surface area contributed by atoms with E-state index in [1.807, 2.05) is 50.2 Å². The molecule has 3 N–H and O–H groups in total. The Balaban J connectivity index is 2.32. The Morgan fingerprint density at radius 3 is 2.58 bits per heavy atom. The van der Waals surface area contributed by atoms with Gasteiger partial charge in [0, 0.05) is 18.7 Å². The first-order valence-corrected chi connectivity index (χ1v) is 6.46. The Bertz CT molecular complexity index is 448. The maximum Gasteiger partial charge on any atom is 0.239 e. The van der Waals surface area contributed by atoms with Gasteiger partial charge in [-0.05, 0) is 44.9 Å². The zero-order valence-corrected chi connectivity index (χ0v) is 12.3. The van der Waals surface area contributed by atoms with Crippen LogP contribution in [0.15, 0.2) is 24.3 Å². The van der Waals surface area contributed by atoms with Crippen LogP contribution in [0.3, 0.4) is 0 Å². The number of rotatable bonds is 4. The molecular formula is C13H20N4OS. The van der Waals surface area contributed by atoms with Gasteiger partial charge in [-0.2, -0.15) is 0 Å². The minimum absolute atomic E-state index is 0.0948. The molecule has 0 aliphatic heterocycles. The van der Waals surface area contributed by atoms with Crippen LogP contribution in [0.1, 0.15) is 12.0 Å². The molecule has 5 nitrogen and oxygen atoms in total. The molecule has 0 heterocycles. The predicted molar refractivity (Wildman–Crippen MR) is 81.8 cm³/mol. The fourth-order valence-electron chi connectivity index (χ4n) is 1.38. The van der Waals surface area contributed by atoms with E-state index < -0.39 is 0 Å². The van der Waals surface area contributed by atoms with Crippen molar-refractivity contribution in [3.63, 3.8) is 0 Å². The number of hydrazine groups is 1. The number of amides is 1. The fraction of sp³-hybridized carbons (Fsp3) is 0.385. The molecule has 0 aliphatic rings. The summed E-state index contributed by atoms with van der Waals surface area (Å²) in [6.45, 7) is 2.69. The largest absolute Gasteiger partial charge is 0.331 e. The minimum Gasteiger partial charge on any atom is -0.331 e. The number of aryl methyl sites for hydroxylation is 1. The van der Waals surface area contributed by atoms with Crippen molar-refractivity contribution < 1.29 is 4.79 Å². The average molecular weight is 280 g/mol. The van der Waals surface area contributed by atoms with Gasteiger partial charge in [0.05, 0.1) is 0 Å². The highest BCUT2D eigenvalue weighted by atomic mass is 32.1. The quantitative estimate of drug-likeness (QED) is 0.573. The molecule has 1 aromatic rings. The molecule has 0 fully saturated rings. The molecule has 19 heavy (non-hydrogen) atoms. The number of hydrogen-bond acceptors (Lipinski definition) is 3. The monoisotopic (exact) mass is 280 g/mol. The minimum atomic E-state index is -0.0948. The maximum atomic E-state index is 11.5. The van der Waals surface area contributed by atoms with Crippen LogP contribution in [-0.2, 0) is 4.79 Å². The molecule has 0 atom stereocenters. The van der Waals surface area contributed by atoms with Crippen LogP contribution in [-0.4, -0.2) is 36.6 Å². The van der Waals surface area contributed by atoms with Crippen molar-refractivity contribution in [1.29, 1.82) is 0 Å². The summed E-state index contributed by atoms with van der Waals surface area (Å²) < 4.78 is 0. The third-order valence-electron chi connectivity index (χ3n) is 2.49. The summed E-state index contributed by atoms with van der Waals surface area (Å²) in [4.78, 5) is 13.4. The topological polar surface area (TPSA) is 56.4 Å². The van der Waals surface area contributed by atoms with Crippen LogP contribution in [0, 0.1) is 6.92 Å². The van der Waals surface area contributed by atoms with Crippen molar-refractivity contribution in [3.05, 3.63) is 29.8 Å². The van der Waals surface area contributed by atoms with E-state index in [9.17, 15) is 4.79 Å². The van der Waals surface area contributed by atoms with E-state index in [1.165, 1.54) is 0 Å². The number of para-hydroxylation sites is 1. The Morgan fingerprint density at radius 2 is 1.95 bits per heavy atom. The number of carbonyl (C=O) groups excluding carboxylic acids is 1.